The number of pyridine rings is 1. The molecule has 40 heavy (non-hydrogen) atoms. The van der Waals surface area contributed by atoms with Crippen LogP contribution in [0.25, 0.3) is 28.0 Å². The second kappa shape index (κ2) is 9.33. The predicted octanol–water partition coefficient (Wildman–Crippen LogP) is 3.31. The molecule has 1 amide bonds. The number of benzene rings is 1. The lowest BCUT2D eigenvalue weighted by Gasteiger charge is -2.38. The van der Waals surface area contributed by atoms with E-state index in [0.717, 1.165) is 35.2 Å². The summed E-state index contributed by atoms with van der Waals surface area (Å²) >= 11 is 0. The molecule has 1 aromatic carbocycles. The van der Waals surface area contributed by atoms with E-state index >= 15 is 0 Å². The minimum atomic E-state index is -0.223. The minimum Gasteiger partial charge on any atom is -0.383 e. The van der Waals surface area contributed by atoms with Gasteiger partial charge < -0.3 is 10.6 Å². The molecule has 2 fully saturated rings. The number of amides is 1. The monoisotopic (exact) mass is 534 g/mol. The van der Waals surface area contributed by atoms with Crippen molar-refractivity contribution in [2.45, 2.75) is 50.6 Å². The van der Waals surface area contributed by atoms with E-state index in [-0.39, 0.29) is 41.3 Å². The molecule has 2 aliphatic rings. The van der Waals surface area contributed by atoms with Gasteiger partial charge in [0, 0.05) is 40.9 Å². The number of ketones is 1. The Morgan fingerprint density at radius 3 is 2.42 bits per heavy atom. The summed E-state index contributed by atoms with van der Waals surface area (Å²) in [6, 6.07) is 13.9. The molecule has 0 radical (unpaired) electrons. The third kappa shape index (κ3) is 3.82. The number of rotatable bonds is 5. The molecule has 0 spiro atoms. The number of hydrogen-bond donors (Lipinski definition) is 2. The van der Waals surface area contributed by atoms with Crippen LogP contribution in [-0.4, -0.2) is 68.9 Å². The highest BCUT2D eigenvalue weighted by molar-refractivity contribution is 6.00. The fraction of sp³-hybridized carbons (Fsp3) is 0.286. The lowest BCUT2D eigenvalue weighted by Crippen LogP contribution is -2.46. The Bertz CT molecular complexity index is 1720. The van der Waals surface area contributed by atoms with Crippen molar-refractivity contribution in [1.29, 1.82) is 0 Å². The molecule has 3 atom stereocenters. The number of aromatic nitrogens is 8. The topological polar surface area (TPSA) is 161 Å². The number of H-pyrrole nitrogens is 1. The summed E-state index contributed by atoms with van der Waals surface area (Å²) in [4.78, 5) is 37.5. The summed E-state index contributed by atoms with van der Waals surface area (Å²) in [5.41, 5.74) is 11.7. The summed E-state index contributed by atoms with van der Waals surface area (Å²) in [6.07, 6.45) is 6.59. The fourth-order valence-electron chi connectivity index (χ4n) is 6.33. The number of fused-ring (bicyclic) bond motifs is 3. The average Bonchev–Trinajstić information content (AvgIpc) is 3.71. The van der Waals surface area contributed by atoms with Crippen LogP contribution in [-0.2, 0) is 0 Å². The van der Waals surface area contributed by atoms with Gasteiger partial charge in [0.25, 0.3) is 11.7 Å². The smallest absolute Gasteiger partial charge is 0.295 e. The highest BCUT2D eigenvalue weighted by Gasteiger charge is 2.46. The van der Waals surface area contributed by atoms with Gasteiger partial charge in [0.05, 0.1) is 23.1 Å². The highest BCUT2D eigenvalue weighted by atomic mass is 16.2. The summed E-state index contributed by atoms with van der Waals surface area (Å²) in [5, 5.41) is 18.1. The molecule has 2 aliphatic heterocycles. The first-order chi connectivity index (χ1) is 19.5. The molecule has 200 valence electrons. The molecule has 4 aromatic heterocycles. The van der Waals surface area contributed by atoms with E-state index in [4.69, 9.17) is 10.7 Å². The molecule has 12 nitrogen and oxygen atoms in total. The first-order valence-electron chi connectivity index (χ1n) is 13.3. The molecule has 3 N–H and O–H groups in total. The zero-order chi connectivity index (χ0) is 27.4. The van der Waals surface area contributed by atoms with Crippen molar-refractivity contribution >= 4 is 23.2 Å². The number of nitrogens with one attached hydrogen (secondary N) is 1. The van der Waals surface area contributed by atoms with Crippen LogP contribution in [0, 0.1) is 0 Å². The Morgan fingerprint density at radius 1 is 1.00 bits per heavy atom. The SMILES string of the molecule is CC(=O)c1c(C2C[C@H]3CC[C@@H](C2)N3C(=O)c2nn[nH]n2)nc2c(-c3ccc(-c4ccccc4)nc3)cnn2c1N. The third-order valence-corrected chi connectivity index (χ3v) is 8.10. The van der Waals surface area contributed by atoms with Crippen LogP contribution in [0.5, 0.6) is 0 Å². The van der Waals surface area contributed by atoms with Gasteiger partial charge in [-0.05, 0) is 43.9 Å². The molecule has 0 aliphatic carbocycles. The summed E-state index contributed by atoms with van der Waals surface area (Å²) in [7, 11) is 0. The van der Waals surface area contributed by atoms with Gasteiger partial charge in [-0.2, -0.15) is 14.8 Å². The molecule has 2 bridgehead atoms. The standard InChI is InChI=1S/C28H26N10O2/c1-15(39)23-24(18-11-19-8-9-20(12-18)37(19)28(40)26-33-35-36-34-26)32-27-21(14-31-38(27)25(23)29)17-7-10-22(30-13-17)16-5-3-2-4-6-16/h2-7,10,13-14,18-20H,8-9,11-12,29H2,1H3,(H,33,34,35,36)/t18?,19-,20+. The summed E-state index contributed by atoms with van der Waals surface area (Å²) in [6.45, 7) is 1.50. The van der Waals surface area contributed by atoms with Crippen molar-refractivity contribution in [2.75, 3.05) is 5.73 Å². The number of Topliss-reactive ketones (excluding diaryl/α,β-unsaturated/α-hetero) is 1. The van der Waals surface area contributed by atoms with Crippen LogP contribution < -0.4 is 5.73 Å². The van der Waals surface area contributed by atoms with Crippen LogP contribution in [0.4, 0.5) is 5.82 Å². The largest absolute Gasteiger partial charge is 0.383 e. The minimum absolute atomic E-state index is 0.00655. The zero-order valence-corrected chi connectivity index (χ0v) is 21.7. The number of carbonyl (C=O) groups excluding carboxylic acids is 2. The molecule has 5 aromatic rings. The van der Waals surface area contributed by atoms with E-state index in [0.29, 0.717) is 29.7 Å². The van der Waals surface area contributed by atoms with Crippen LogP contribution in [0.1, 0.15) is 65.2 Å². The number of anilines is 1. The number of tetrazole rings is 1. The van der Waals surface area contributed by atoms with Crippen LogP contribution in [0.15, 0.2) is 54.9 Å². The Labute approximate surface area is 228 Å². The number of nitrogens with zero attached hydrogens (tertiary/aromatic N) is 8. The second-order valence-electron chi connectivity index (χ2n) is 10.4. The Kier molecular flexibility index (Phi) is 5.61. The summed E-state index contributed by atoms with van der Waals surface area (Å²) < 4.78 is 1.53. The van der Waals surface area contributed by atoms with Gasteiger partial charge in [-0.3, -0.25) is 14.6 Å². The lowest BCUT2D eigenvalue weighted by molar-refractivity contribution is 0.0555. The van der Waals surface area contributed by atoms with Crippen LogP contribution >= 0.6 is 0 Å². The number of nitrogen functional groups attached to an aromatic ring is 1. The van der Waals surface area contributed by atoms with E-state index in [9.17, 15) is 9.59 Å². The number of nitrogens with two attached hydrogens (primary N) is 1. The second-order valence-corrected chi connectivity index (χ2v) is 10.4. The van der Waals surface area contributed by atoms with Crippen molar-refractivity contribution in [1.82, 2.24) is 45.1 Å². The first-order valence-corrected chi connectivity index (χ1v) is 13.3. The molecular formula is C28H26N10O2. The Morgan fingerprint density at radius 2 is 1.77 bits per heavy atom. The number of piperidine rings is 1. The average molecular weight is 535 g/mol. The molecule has 1 unspecified atom stereocenters. The van der Waals surface area contributed by atoms with E-state index in [1.165, 1.54) is 11.4 Å². The van der Waals surface area contributed by atoms with Crippen molar-refractivity contribution in [3.05, 3.63) is 71.9 Å². The van der Waals surface area contributed by atoms with E-state index in [1.807, 2.05) is 47.4 Å². The number of aromatic amines is 1. The van der Waals surface area contributed by atoms with Gasteiger partial charge >= 0.3 is 0 Å². The van der Waals surface area contributed by atoms with Gasteiger partial charge in [0.15, 0.2) is 11.4 Å². The highest BCUT2D eigenvalue weighted by Crippen LogP contribution is 2.45. The number of carbonyl (C=O) groups is 2. The molecule has 0 saturated carbocycles. The molecule has 7 rings (SSSR count). The first kappa shape index (κ1) is 24.1. The van der Waals surface area contributed by atoms with Crippen molar-refractivity contribution in [3.63, 3.8) is 0 Å². The van der Waals surface area contributed by atoms with Gasteiger partial charge in [0.1, 0.15) is 5.82 Å². The maximum absolute atomic E-state index is 13.1. The zero-order valence-electron chi connectivity index (χ0n) is 21.7. The van der Waals surface area contributed by atoms with Gasteiger partial charge in [-0.1, -0.05) is 36.4 Å². The lowest BCUT2D eigenvalue weighted by atomic mass is 9.85. The maximum atomic E-state index is 13.1. The van der Waals surface area contributed by atoms with E-state index in [2.05, 4.69) is 30.7 Å². The van der Waals surface area contributed by atoms with Crippen LogP contribution in [0.3, 0.4) is 0 Å². The van der Waals surface area contributed by atoms with Gasteiger partial charge in [-0.25, -0.2) is 4.98 Å². The maximum Gasteiger partial charge on any atom is 0.295 e. The van der Waals surface area contributed by atoms with Crippen molar-refractivity contribution < 1.29 is 9.59 Å². The third-order valence-electron chi connectivity index (χ3n) is 8.10. The Balaban J connectivity index is 1.26. The normalized spacial score (nSPS) is 20.2. The quantitative estimate of drug-likeness (QED) is 0.322. The molecule has 2 saturated heterocycles. The van der Waals surface area contributed by atoms with Crippen molar-refractivity contribution in [3.8, 4) is 22.4 Å². The number of hydrogen-bond acceptors (Lipinski definition) is 9. The van der Waals surface area contributed by atoms with Gasteiger partial charge in [-0.15, -0.1) is 10.2 Å². The van der Waals surface area contributed by atoms with Crippen molar-refractivity contribution in [2.24, 2.45) is 0 Å². The van der Waals surface area contributed by atoms with Crippen LogP contribution in [0.2, 0.25) is 0 Å². The molecule has 6 heterocycles. The molecular weight excluding hydrogens is 508 g/mol. The van der Waals surface area contributed by atoms with E-state index in [1.54, 1.807) is 12.4 Å². The predicted molar refractivity (Wildman–Crippen MR) is 145 cm³/mol. The van der Waals surface area contributed by atoms with Gasteiger partial charge in [0.2, 0.25) is 0 Å². The van der Waals surface area contributed by atoms with E-state index < -0.39 is 0 Å². The molecule has 12 heteroatoms. The Hall–Kier alpha value is -5.00. The fourth-order valence-corrected chi connectivity index (χ4v) is 6.33. The summed E-state index contributed by atoms with van der Waals surface area (Å²) in [5.74, 6) is -0.0894.